The van der Waals surface area contributed by atoms with Crippen LogP contribution in [0, 0.1) is 30.3 Å². The van der Waals surface area contributed by atoms with E-state index in [4.69, 9.17) is 0 Å². The van der Waals surface area contributed by atoms with Crippen molar-refractivity contribution in [1.29, 1.82) is 0 Å². The minimum Gasteiger partial charge on any atom is -0.297 e. The smallest absolute Gasteiger partial charge is 0.294 e. The molecule has 0 bridgehead atoms. The normalized spacial score (nSPS) is 14.8. The van der Waals surface area contributed by atoms with Gasteiger partial charge in [-0.1, -0.05) is 30.3 Å². The third kappa shape index (κ3) is 5.24. The molecule has 0 aliphatic carbocycles. The third-order valence-corrected chi connectivity index (χ3v) is 5.05. The minimum atomic E-state index is -1.01. The Balaban J connectivity index is 1.74. The zero-order chi connectivity index (χ0) is 22.5. The highest BCUT2D eigenvalue weighted by Crippen LogP contribution is 2.34. The maximum Gasteiger partial charge on any atom is 0.294 e. The molecule has 0 spiro atoms. The van der Waals surface area contributed by atoms with Crippen molar-refractivity contribution in [2.24, 2.45) is 0 Å². The van der Waals surface area contributed by atoms with Gasteiger partial charge in [0.1, 0.15) is 0 Å². The van der Waals surface area contributed by atoms with E-state index < -0.39 is 43.2 Å². The average Bonchev–Trinajstić information content (AvgIpc) is 2.74. The Morgan fingerprint density at radius 3 is 1.81 bits per heavy atom. The monoisotopic (exact) mass is 429 g/mol. The Morgan fingerprint density at radius 2 is 1.32 bits per heavy atom. The average molecular weight is 429 g/mol. The number of hydrogen-bond donors (Lipinski definition) is 0. The second-order valence-corrected chi connectivity index (χ2v) is 7.09. The van der Waals surface area contributed by atoms with Gasteiger partial charge in [-0.15, -0.1) is 0 Å². The van der Waals surface area contributed by atoms with Gasteiger partial charge in [0.15, 0.2) is 11.3 Å². The first-order chi connectivity index (χ1) is 14.8. The number of rotatable bonds is 8. The molecule has 1 aliphatic rings. The van der Waals surface area contributed by atoms with Gasteiger partial charge < -0.3 is 0 Å². The number of nitro groups is 3. The van der Waals surface area contributed by atoms with Crippen LogP contribution < -0.4 is 0 Å². The number of nitrogens with zero attached hydrogens (tertiary/aromatic N) is 5. The van der Waals surface area contributed by atoms with Crippen LogP contribution in [-0.2, 0) is 6.54 Å². The van der Waals surface area contributed by atoms with E-state index in [0.717, 1.165) is 12.1 Å². The lowest BCUT2D eigenvalue weighted by Crippen LogP contribution is -2.47. The Bertz CT molecular complexity index is 985. The number of benzene rings is 2. The van der Waals surface area contributed by atoms with Gasteiger partial charge in [0.2, 0.25) is 0 Å². The van der Waals surface area contributed by atoms with Gasteiger partial charge in [-0.2, -0.15) is 0 Å². The van der Waals surface area contributed by atoms with Gasteiger partial charge in [0.05, 0.1) is 33.4 Å². The summed E-state index contributed by atoms with van der Waals surface area (Å²) in [6.45, 7) is 2.83. The molecule has 0 unspecified atom stereocenters. The molecule has 162 valence electrons. The largest absolute Gasteiger partial charge is 0.297 e. The molecule has 31 heavy (non-hydrogen) atoms. The molecule has 1 saturated heterocycles. The summed E-state index contributed by atoms with van der Waals surface area (Å²) in [6, 6.07) is 11.0. The topological polar surface area (TPSA) is 153 Å². The van der Waals surface area contributed by atoms with E-state index in [9.17, 15) is 35.1 Å². The van der Waals surface area contributed by atoms with E-state index in [1.165, 1.54) is 0 Å². The molecule has 1 aliphatic heterocycles. The number of non-ortho nitro benzene ring substituents is 1. The number of ketones is 1. The molecule has 0 saturated carbocycles. The molecule has 2 aromatic carbocycles. The highest BCUT2D eigenvalue weighted by Gasteiger charge is 2.35. The summed E-state index contributed by atoms with van der Waals surface area (Å²) in [4.78, 5) is 47.5. The van der Waals surface area contributed by atoms with Gasteiger partial charge in [-0.05, 0) is 5.56 Å². The second kappa shape index (κ2) is 9.36. The Kier molecular flexibility index (Phi) is 6.62. The zero-order valence-electron chi connectivity index (χ0n) is 16.4. The number of carbonyl (C=O) groups excluding carboxylic acids is 1. The van der Waals surface area contributed by atoms with Gasteiger partial charge in [0, 0.05) is 32.7 Å². The fourth-order valence-corrected chi connectivity index (χ4v) is 3.51. The minimum absolute atomic E-state index is 0.251. The van der Waals surface area contributed by atoms with Crippen molar-refractivity contribution < 1.29 is 19.6 Å². The van der Waals surface area contributed by atoms with Crippen molar-refractivity contribution >= 4 is 22.8 Å². The van der Waals surface area contributed by atoms with Crippen LogP contribution in [-0.4, -0.2) is 63.1 Å². The Morgan fingerprint density at radius 1 is 0.806 bits per heavy atom. The first-order valence-corrected chi connectivity index (χ1v) is 9.39. The second-order valence-electron chi connectivity index (χ2n) is 7.09. The molecule has 1 heterocycles. The highest BCUT2D eigenvalue weighted by molar-refractivity contribution is 6.05. The van der Waals surface area contributed by atoms with E-state index >= 15 is 0 Å². The van der Waals surface area contributed by atoms with Gasteiger partial charge in [0.25, 0.3) is 17.1 Å². The zero-order valence-corrected chi connectivity index (χ0v) is 16.4. The lowest BCUT2D eigenvalue weighted by Gasteiger charge is -2.34. The molecule has 0 radical (unpaired) electrons. The first kappa shape index (κ1) is 21.9. The number of piperazine rings is 1. The summed E-state index contributed by atoms with van der Waals surface area (Å²) in [7, 11) is 0. The van der Waals surface area contributed by atoms with Crippen molar-refractivity contribution in [1.82, 2.24) is 9.80 Å². The molecular formula is C19H19N5O7. The molecule has 1 fully saturated rings. The molecule has 12 nitrogen and oxygen atoms in total. The number of hydrogen-bond acceptors (Lipinski definition) is 9. The number of carbonyl (C=O) groups is 1. The molecule has 0 N–H and O–H groups in total. The molecule has 0 aromatic heterocycles. The maximum absolute atomic E-state index is 12.8. The number of Topliss-reactive ketones (excluding diaryl/α,β-unsaturated/α-hetero) is 1. The quantitative estimate of drug-likeness (QED) is 0.349. The lowest BCUT2D eigenvalue weighted by atomic mass is 10.0. The van der Waals surface area contributed by atoms with E-state index in [-0.39, 0.29) is 6.54 Å². The Labute approximate surface area is 176 Å². The van der Waals surface area contributed by atoms with E-state index in [1.54, 1.807) is 4.90 Å². The van der Waals surface area contributed by atoms with Crippen molar-refractivity contribution in [3.05, 3.63) is 83.9 Å². The molecule has 0 amide bonds. The maximum atomic E-state index is 12.8. The number of nitro benzene ring substituents is 3. The summed E-state index contributed by atoms with van der Waals surface area (Å²) in [5.41, 5.74) is -2.25. The van der Waals surface area contributed by atoms with Gasteiger partial charge >= 0.3 is 0 Å². The van der Waals surface area contributed by atoms with Crippen LogP contribution in [0.5, 0.6) is 0 Å². The van der Waals surface area contributed by atoms with Crippen LogP contribution in [0.3, 0.4) is 0 Å². The summed E-state index contributed by atoms with van der Waals surface area (Å²) in [5.74, 6) is -0.815. The van der Waals surface area contributed by atoms with Gasteiger partial charge in [-0.25, -0.2) is 0 Å². The van der Waals surface area contributed by atoms with Crippen LogP contribution in [0.4, 0.5) is 17.1 Å². The lowest BCUT2D eigenvalue weighted by molar-refractivity contribution is -0.403. The van der Waals surface area contributed by atoms with Crippen molar-refractivity contribution in [2.45, 2.75) is 6.54 Å². The molecule has 0 atom stereocenters. The van der Waals surface area contributed by atoms with Crippen molar-refractivity contribution in [3.8, 4) is 0 Å². The summed E-state index contributed by atoms with van der Waals surface area (Å²) in [6.07, 6.45) is 0. The van der Waals surface area contributed by atoms with Gasteiger partial charge in [-0.3, -0.25) is 44.9 Å². The summed E-state index contributed by atoms with van der Waals surface area (Å²) < 4.78 is 0. The SMILES string of the molecule is O=C(CN1CCN(Cc2ccccc2)CC1)c1c([N+](=O)[O-])cc([N+](=O)[O-])cc1[N+](=O)[O-]. The molecule has 3 rings (SSSR count). The standard InChI is InChI=1S/C19H19N5O7/c25-18(13-21-8-6-20(7-9-21)12-14-4-2-1-3-5-14)19-16(23(28)29)10-15(22(26)27)11-17(19)24(30)31/h1-5,10-11H,6-9,12-13H2. The van der Waals surface area contributed by atoms with E-state index in [2.05, 4.69) is 4.90 Å². The van der Waals surface area contributed by atoms with Crippen molar-refractivity contribution in [3.63, 3.8) is 0 Å². The van der Waals surface area contributed by atoms with E-state index in [0.29, 0.717) is 38.3 Å². The molecular weight excluding hydrogens is 410 g/mol. The predicted molar refractivity (Wildman–Crippen MR) is 109 cm³/mol. The molecule has 12 heteroatoms. The first-order valence-electron chi connectivity index (χ1n) is 9.39. The van der Waals surface area contributed by atoms with E-state index in [1.807, 2.05) is 30.3 Å². The van der Waals surface area contributed by atoms with Crippen LogP contribution in [0.15, 0.2) is 42.5 Å². The van der Waals surface area contributed by atoms with Crippen LogP contribution in [0.2, 0.25) is 0 Å². The van der Waals surface area contributed by atoms with Crippen molar-refractivity contribution in [2.75, 3.05) is 32.7 Å². The Hall–Kier alpha value is -3.77. The van der Waals surface area contributed by atoms with Crippen LogP contribution in [0.25, 0.3) is 0 Å². The molecule has 2 aromatic rings. The van der Waals surface area contributed by atoms with Crippen LogP contribution in [0.1, 0.15) is 15.9 Å². The van der Waals surface area contributed by atoms with Crippen LogP contribution >= 0.6 is 0 Å². The summed E-state index contributed by atoms with van der Waals surface area (Å²) in [5, 5.41) is 33.7. The third-order valence-electron chi connectivity index (χ3n) is 5.05. The fraction of sp³-hybridized carbons (Fsp3) is 0.316. The predicted octanol–water partition coefficient (Wildman–Crippen LogP) is 2.41. The summed E-state index contributed by atoms with van der Waals surface area (Å²) >= 11 is 0. The fourth-order valence-electron chi connectivity index (χ4n) is 3.51. The highest BCUT2D eigenvalue weighted by atomic mass is 16.6.